The Bertz CT molecular complexity index is 1600. The van der Waals surface area contributed by atoms with E-state index in [4.69, 9.17) is 16.3 Å². The van der Waals surface area contributed by atoms with Crippen molar-refractivity contribution in [3.05, 3.63) is 108 Å². The van der Waals surface area contributed by atoms with Crippen LogP contribution in [0.1, 0.15) is 62.4 Å². The number of ether oxygens (including phenoxy) is 1. The fourth-order valence-corrected chi connectivity index (χ4v) is 8.18. The van der Waals surface area contributed by atoms with Gasteiger partial charge in [0.05, 0.1) is 11.0 Å². The van der Waals surface area contributed by atoms with Gasteiger partial charge in [-0.3, -0.25) is 4.90 Å². The predicted octanol–water partition coefficient (Wildman–Crippen LogP) is 7.21. The highest BCUT2D eigenvalue weighted by Gasteiger charge is 2.44. The van der Waals surface area contributed by atoms with Gasteiger partial charge in [-0.1, -0.05) is 60.7 Å². The number of amidine groups is 1. The van der Waals surface area contributed by atoms with Gasteiger partial charge in [-0.15, -0.1) is 4.95 Å². The molecule has 220 valence electrons. The Morgan fingerprint density at radius 3 is 2.26 bits per heavy atom. The molecule has 0 aliphatic carbocycles. The summed E-state index contributed by atoms with van der Waals surface area (Å²) in [6.45, 7) is 12.3. The molecular weight excluding hydrogens is 532 g/mol. The first-order chi connectivity index (χ1) is 21.1. The minimum Gasteiger partial charge on any atom is -0.421 e. The molecule has 3 saturated heterocycles. The summed E-state index contributed by atoms with van der Waals surface area (Å²) in [5.74, 6) is 1.86. The van der Waals surface area contributed by atoms with Crippen molar-refractivity contribution in [1.82, 2.24) is 19.4 Å². The van der Waals surface area contributed by atoms with E-state index in [0.717, 1.165) is 50.2 Å². The summed E-state index contributed by atoms with van der Waals surface area (Å²) in [6.07, 6.45) is 8.17. The summed E-state index contributed by atoms with van der Waals surface area (Å²) in [7, 11) is 0. The third-order valence-corrected chi connectivity index (χ3v) is 10.3. The Labute approximate surface area is 254 Å². The quantitative estimate of drug-likeness (QED) is 0.106. The lowest BCUT2D eigenvalue weighted by Crippen LogP contribution is -2.49. The normalized spacial score (nSPS) is 23.8. The van der Waals surface area contributed by atoms with E-state index in [1.54, 1.807) is 0 Å². The summed E-state index contributed by atoms with van der Waals surface area (Å²) < 4.78 is 8.61. The maximum atomic E-state index is 7.38. The first kappa shape index (κ1) is 27.7. The molecule has 1 unspecified atom stereocenters. The van der Waals surface area contributed by atoms with Crippen molar-refractivity contribution in [1.29, 1.82) is 0 Å². The van der Waals surface area contributed by atoms with Gasteiger partial charge in [0.15, 0.2) is 0 Å². The highest BCUT2D eigenvalue weighted by Crippen LogP contribution is 2.45. The molecule has 3 aliphatic rings. The van der Waals surface area contributed by atoms with E-state index in [1.165, 1.54) is 36.8 Å². The number of hydrogen-bond acceptors (Lipinski definition) is 4. The largest absolute Gasteiger partial charge is 0.421 e. The Morgan fingerprint density at radius 2 is 1.56 bits per heavy atom. The fraction of sp³-hybridized carbons (Fsp3) is 0.417. The second-order valence-corrected chi connectivity index (χ2v) is 12.5. The van der Waals surface area contributed by atoms with E-state index < -0.39 is 0 Å². The minimum atomic E-state index is 0.0984. The molecule has 3 aromatic carbocycles. The van der Waals surface area contributed by atoms with E-state index in [1.807, 2.05) is 30.3 Å². The van der Waals surface area contributed by atoms with Crippen LogP contribution in [-0.2, 0) is 5.41 Å². The number of aryl methyl sites for hydroxylation is 1. The van der Waals surface area contributed by atoms with Crippen molar-refractivity contribution in [2.24, 2.45) is 5.10 Å². The van der Waals surface area contributed by atoms with Gasteiger partial charge in [-0.2, -0.15) is 6.57 Å². The molecule has 7 rings (SSSR count). The second-order valence-electron chi connectivity index (χ2n) is 12.5. The summed E-state index contributed by atoms with van der Waals surface area (Å²) in [5.41, 5.74) is 3.93. The lowest BCUT2D eigenvalue weighted by molar-refractivity contribution is 0.0878. The predicted molar refractivity (Wildman–Crippen MR) is 171 cm³/mol. The topological polar surface area (TPSA) is 50.2 Å². The van der Waals surface area contributed by atoms with Gasteiger partial charge in [0.2, 0.25) is 0 Å². The molecule has 1 aromatic heterocycles. The molecule has 3 fully saturated rings. The summed E-state index contributed by atoms with van der Waals surface area (Å²) in [6, 6.07) is 31.6. The molecule has 0 saturated carbocycles. The van der Waals surface area contributed by atoms with E-state index in [-0.39, 0.29) is 5.41 Å². The van der Waals surface area contributed by atoms with E-state index in [9.17, 15) is 0 Å². The average Bonchev–Trinajstić information content (AvgIpc) is 3.51. The van der Waals surface area contributed by atoms with Crippen molar-refractivity contribution in [2.45, 2.75) is 75.4 Å². The van der Waals surface area contributed by atoms with Crippen LogP contribution in [0, 0.1) is 13.5 Å². The van der Waals surface area contributed by atoms with E-state index in [0.29, 0.717) is 29.9 Å². The molecule has 7 nitrogen and oxygen atoms in total. The number of nitrogens with zero attached hydrogens (tertiary/aromatic N) is 6. The molecule has 0 spiro atoms. The zero-order valence-electron chi connectivity index (χ0n) is 25.0. The number of piperidine rings is 2. The first-order valence-corrected chi connectivity index (χ1v) is 15.8. The number of hydrogen-bond donors (Lipinski definition) is 0. The zero-order valence-corrected chi connectivity index (χ0v) is 25.0. The Balaban J connectivity index is 1.06. The highest BCUT2D eigenvalue weighted by atomic mass is 16.5. The van der Waals surface area contributed by atoms with Crippen LogP contribution in [0.15, 0.2) is 90.0 Å². The molecule has 0 amide bonds. The van der Waals surface area contributed by atoms with Gasteiger partial charge in [-0.25, -0.2) is 4.98 Å². The van der Waals surface area contributed by atoms with Crippen LogP contribution in [0.25, 0.3) is 16.0 Å². The molecule has 3 atom stereocenters. The van der Waals surface area contributed by atoms with Crippen molar-refractivity contribution in [3.63, 3.8) is 0 Å². The van der Waals surface area contributed by atoms with Gasteiger partial charge in [0.25, 0.3) is 0 Å². The van der Waals surface area contributed by atoms with Crippen molar-refractivity contribution in [3.8, 4) is 5.75 Å². The zero-order chi connectivity index (χ0) is 29.2. The smallest absolute Gasteiger partial charge is 0.376 e. The maximum absolute atomic E-state index is 7.38. The van der Waals surface area contributed by atoms with Crippen LogP contribution in [-0.4, -0.2) is 57.1 Å². The van der Waals surface area contributed by atoms with Crippen LogP contribution in [0.2, 0.25) is 0 Å². The summed E-state index contributed by atoms with van der Waals surface area (Å²) in [5, 5.41) is 4.06. The number of rotatable bonds is 6. The van der Waals surface area contributed by atoms with Gasteiger partial charge in [0, 0.05) is 31.2 Å². The van der Waals surface area contributed by atoms with Crippen LogP contribution in [0.5, 0.6) is 5.75 Å². The van der Waals surface area contributed by atoms with Crippen molar-refractivity contribution in [2.75, 3.05) is 19.6 Å². The number of fused-ring (bicyclic) bond motifs is 3. The molecule has 7 heteroatoms. The van der Waals surface area contributed by atoms with Gasteiger partial charge >= 0.3 is 6.02 Å². The van der Waals surface area contributed by atoms with Crippen molar-refractivity contribution >= 4 is 17.1 Å². The number of benzene rings is 3. The first-order valence-electron chi connectivity index (χ1n) is 15.8. The summed E-state index contributed by atoms with van der Waals surface area (Å²) in [4.78, 5) is 13.2. The number of likely N-dealkylation sites (tertiary alicyclic amines) is 1. The van der Waals surface area contributed by atoms with Crippen LogP contribution in [0.3, 0.4) is 0 Å². The standard InChI is InChI=1S/C36H40N6O/c1-27-38-33-15-9-10-16-34(33)42(27)31-25-29-17-18-30(26-31)41(29)24-21-36(28-11-5-3-6-12-28)19-22-40(23-20-36)35(39-37-2)43-32-13-7-4-8-14-32/h3-16,29-31H,17-26H2,1H3/b39-35-/t29-,30+,31?. The van der Waals surface area contributed by atoms with Crippen LogP contribution >= 0.6 is 0 Å². The summed E-state index contributed by atoms with van der Waals surface area (Å²) >= 11 is 0. The third-order valence-electron chi connectivity index (χ3n) is 10.3. The SMILES string of the molecule is [C-]#[N+]/N=C(\Oc1ccccc1)N1CCC(CCN2[C@@H]3CC[C@H]2CC(n2c(C)nc4ccccc42)C3)(c2ccccc2)CC1. The monoisotopic (exact) mass is 572 g/mol. The number of imidazole rings is 1. The third kappa shape index (κ3) is 5.41. The number of aromatic nitrogens is 2. The molecule has 0 N–H and O–H groups in total. The number of para-hydroxylation sites is 3. The van der Waals surface area contributed by atoms with Gasteiger partial charge in [0.1, 0.15) is 16.7 Å². The van der Waals surface area contributed by atoms with Crippen molar-refractivity contribution < 1.29 is 4.74 Å². The van der Waals surface area contributed by atoms with E-state index >= 15 is 0 Å². The lowest BCUT2D eigenvalue weighted by atomic mass is 9.70. The fourth-order valence-electron chi connectivity index (χ4n) is 8.18. The molecule has 4 heterocycles. The van der Waals surface area contributed by atoms with Crippen LogP contribution in [0.4, 0.5) is 0 Å². The second kappa shape index (κ2) is 11.9. The molecule has 2 bridgehead atoms. The Hall–Kier alpha value is -4.15. The molecular formula is C36H40N6O. The Kier molecular flexibility index (Phi) is 7.63. The lowest BCUT2D eigenvalue weighted by Gasteiger charge is -2.45. The van der Waals surface area contributed by atoms with Gasteiger partial charge < -0.3 is 14.2 Å². The maximum Gasteiger partial charge on any atom is 0.376 e. The molecule has 4 aromatic rings. The molecule has 43 heavy (non-hydrogen) atoms. The Morgan fingerprint density at radius 1 is 0.907 bits per heavy atom. The molecule has 0 radical (unpaired) electrons. The minimum absolute atomic E-state index is 0.0984. The highest BCUT2D eigenvalue weighted by molar-refractivity contribution is 5.77. The van der Waals surface area contributed by atoms with Gasteiger partial charge in [-0.05, 0) is 93.7 Å². The average molecular weight is 573 g/mol. The van der Waals surface area contributed by atoms with E-state index in [2.05, 4.69) is 85.9 Å². The molecule has 3 aliphatic heterocycles. The van der Waals surface area contributed by atoms with Crippen LogP contribution < -0.4 is 4.74 Å².